The Balaban J connectivity index is 0.000000240. The smallest absolute Gasteiger partial charge is 0.250 e. The topological polar surface area (TPSA) is 224 Å². The maximum atomic E-state index is 10.4. The summed E-state index contributed by atoms with van der Waals surface area (Å²) in [6.07, 6.45) is 12.2. The van der Waals surface area contributed by atoms with E-state index in [1.807, 2.05) is 0 Å². The first-order valence-corrected chi connectivity index (χ1v) is 10.0. The maximum Gasteiger partial charge on any atom is 0.250 e. The molecule has 4 rings (SSSR count). The number of pyridine rings is 4. The van der Waals surface area contributed by atoms with Gasteiger partial charge >= 0.3 is 0 Å². The Hall–Kier alpha value is -5.52. The predicted molar refractivity (Wildman–Crippen MR) is 131 cm³/mol. The summed E-state index contributed by atoms with van der Waals surface area (Å²) in [6.45, 7) is 0. The van der Waals surface area contributed by atoms with Crippen molar-refractivity contribution in [1.82, 2.24) is 19.9 Å². The highest BCUT2D eigenvalue weighted by molar-refractivity contribution is 5.93. The first kappa shape index (κ1) is 28.5. The third kappa shape index (κ3) is 11.9. The van der Waals surface area contributed by atoms with Crippen molar-refractivity contribution in [2.45, 2.75) is 0 Å². The van der Waals surface area contributed by atoms with Gasteiger partial charge in [0.1, 0.15) is 0 Å². The summed E-state index contributed by atoms with van der Waals surface area (Å²) in [7, 11) is 0. The Morgan fingerprint density at radius 3 is 0.889 bits per heavy atom. The van der Waals surface area contributed by atoms with Crippen molar-refractivity contribution in [3.63, 3.8) is 0 Å². The van der Waals surface area contributed by atoms with Crippen molar-refractivity contribution in [3.8, 4) is 0 Å². The molecule has 0 unspecified atom stereocenters. The molecule has 0 saturated carbocycles. The van der Waals surface area contributed by atoms with Gasteiger partial charge < -0.3 is 22.9 Å². The molecule has 0 saturated heterocycles. The summed E-state index contributed by atoms with van der Waals surface area (Å²) in [5.41, 5.74) is 21.6. The molecule has 0 aliphatic carbocycles. The van der Waals surface area contributed by atoms with Crippen molar-refractivity contribution < 1.29 is 19.2 Å². The summed E-state index contributed by atoms with van der Waals surface area (Å²) in [5.74, 6) is -1.72. The van der Waals surface area contributed by atoms with Crippen LogP contribution in [-0.2, 0) is 0 Å². The van der Waals surface area contributed by atoms with Crippen molar-refractivity contribution in [2.24, 2.45) is 22.9 Å². The monoisotopic (exact) mass is 488 g/mol. The van der Waals surface area contributed by atoms with Crippen molar-refractivity contribution in [1.29, 1.82) is 0 Å². The number of aromatic nitrogens is 4. The van der Waals surface area contributed by atoms with Crippen LogP contribution in [0.1, 0.15) is 41.4 Å². The Kier molecular flexibility index (Phi) is 12.8. The van der Waals surface area contributed by atoms with E-state index in [0.29, 0.717) is 22.3 Å². The molecule has 4 amide bonds. The highest BCUT2D eigenvalue weighted by atomic mass is 16.2. The molecular formula is C24H24N8O4. The number of primary amides is 4. The third-order valence-electron chi connectivity index (χ3n) is 3.82. The number of hydrogen-bond acceptors (Lipinski definition) is 8. The van der Waals surface area contributed by atoms with Gasteiger partial charge in [0, 0.05) is 60.7 Å². The van der Waals surface area contributed by atoms with Crippen molar-refractivity contribution in [3.05, 3.63) is 120 Å². The Morgan fingerprint density at radius 1 is 0.417 bits per heavy atom. The molecule has 184 valence electrons. The molecule has 4 aromatic rings. The van der Waals surface area contributed by atoms with Gasteiger partial charge in [-0.25, -0.2) is 0 Å². The van der Waals surface area contributed by atoms with Crippen LogP contribution in [0.3, 0.4) is 0 Å². The van der Waals surface area contributed by atoms with Crippen LogP contribution in [0.2, 0.25) is 0 Å². The lowest BCUT2D eigenvalue weighted by Crippen LogP contribution is -2.10. The van der Waals surface area contributed by atoms with Gasteiger partial charge in [0.25, 0.3) is 0 Å². The molecule has 36 heavy (non-hydrogen) atoms. The minimum absolute atomic E-state index is 0.419. The van der Waals surface area contributed by atoms with E-state index in [9.17, 15) is 19.2 Å². The maximum absolute atomic E-state index is 10.4. The quantitative estimate of drug-likeness (QED) is 0.319. The summed E-state index contributed by atoms with van der Waals surface area (Å²) in [4.78, 5) is 56.4. The Labute approximate surface area is 206 Å². The van der Waals surface area contributed by atoms with Crippen LogP contribution in [0, 0.1) is 0 Å². The van der Waals surface area contributed by atoms with Crippen LogP contribution in [0.5, 0.6) is 0 Å². The standard InChI is InChI=1S/4C6H6N2O/c2*7-6(9)5-1-3-8-4-2-5;2*7-6(9)5-2-1-3-8-4-5/h4*1-4H,(H2,7,9). The van der Waals surface area contributed by atoms with Crippen LogP contribution < -0.4 is 22.9 Å². The van der Waals surface area contributed by atoms with Gasteiger partial charge in [-0.3, -0.25) is 39.1 Å². The predicted octanol–water partition coefficient (Wildman–Crippen LogP) is 0.722. The van der Waals surface area contributed by atoms with Gasteiger partial charge in [-0.1, -0.05) is 0 Å². The van der Waals surface area contributed by atoms with Crippen LogP contribution >= 0.6 is 0 Å². The number of rotatable bonds is 4. The number of carbonyl (C=O) groups excluding carboxylic acids is 4. The first-order chi connectivity index (χ1) is 17.2. The second-order valence-electron chi connectivity index (χ2n) is 6.41. The van der Waals surface area contributed by atoms with E-state index in [-0.39, 0.29) is 0 Å². The van der Waals surface area contributed by atoms with Gasteiger partial charge in [-0.15, -0.1) is 0 Å². The largest absolute Gasteiger partial charge is 0.366 e. The van der Waals surface area contributed by atoms with E-state index in [0.717, 1.165) is 0 Å². The SMILES string of the molecule is NC(=O)c1cccnc1.NC(=O)c1cccnc1.NC(=O)c1ccncc1.NC(=O)c1ccncc1. The highest BCUT2D eigenvalue weighted by Gasteiger charge is 1.96. The van der Waals surface area contributed by atoms with E-state index in [1.165, 1.54) is 37.2 Å². The Morgan fingerprint density at radius 2 is 0.722 bits per heavy atom. The van der Waals surface area contributed by atoms with Crippen LogP contribution in [0.25, 0.3) is 0 Å². The summed E-state index contributed by atoms with van der Waals surface area (Å²) in [5, 5.41) is 0. The minimum Gasteiger partial charge on any atom is -0.366 e. The molecule has 0 bridgehead atoms. The normalized spacial score (nSPS) is 8.89. The number of carbonyl (C=O) groups is 4. The number of nitrogens with zero attached hydrogens (tertiary/aromatic N) is 4. The molecule has 0 aliphatic heterocycles. The zero-order valence-corrected chi connectivity index (χ0v) is 19.0. The zero-order chi connectivity index (χ0) is 26.8. The molecule has 0 spiro atoms. The Bertz CT molecular complexity index is 1030. The van der Waals surface area contributed by atoms with E-state index in [4.69, 9.17) is 22.9 Å². The third-order valence-corrected chi connectivity index (χ3v) is 3.82. The second kappa shape index (κ2) is 16.1. The lowest BCUT2D eigenvalue weighted by Gasteiger charge is -1.88. The molecule has 4 heterocycles. The lowest BCUT2D eigenvalue weighted by molar-refractivity contribution is 0.0991. The molecule has 12 heteroatoms. The fourth-order valence-electron chi connectivity index (χ4n) is 2.05. The zero-order valence-electron chi connectivity index (χ0n) is 19.0. The summed E-state index contributed by atoms with van der Waals surface area (Å²) >= 11 is 0. The molecule has 0 fully saturated rings. The van der Waals surface area contributed by atoms with E-state index >= 15 is 0 Å². The van der Waals surface area contributed by atoms with Crippen molar-refractivity contribution in [2.75, 3.05) is 0 Å². The number of nitrogens with two attached hydrogens (primary N) is 4. The van der Waals surface area contributed by atoms with Crippen LogP contribution in [-0.4, -0.2) is 43.6 Å². The van der Waals surface area contributed by atoms with Crippen LogP contribution in [0.15, 0.2) is 98.1 Å². The first-order valence-electron chi connectivity index (χ1n) is 10.0. The van der Waals surface area contributed by atoms with Gasteiger partial charge in [0.05, 0.1) is 11.1 Å². The van der Waals surface area contributed by atoms with Gasteiger partial charge in [-0.05, 0) is 48.5 Å². The van der Waals surface area contributed by atoms with Gasteiger partial charge in [-0.2, -0.15) is 0 Å². The fourth-order valence-corrected chi connectivity index (χ4v) is 2.05. The highest BCUT2D eigenvalue weighted by Crippen LogP contribution is 1.93. The van der Waals surface area contributed by atoms with E-state index in [1.54, 1.807) is 60.9 Å². The molecule has 0 radical (unpaired) electrons. The molecule has 12 nitrogen and oxygen atoms in total. The molecule has 0 aliphatic rings. The number of hydrogen-bond donors (Lipinski definition) is 4. The molecule has 4 aromatic heterocycles. The molecule has 8 N–H and O–H groups in total. The van der Waals surface area contributed by atoms with E-state index < -0.39 is 23.6 Å². The summed E-state index contributed by atoms with van der Waals surface area (Å²) in [6, 6.07) is 12.9. The number of amides is 4. The van der Waals surface area contributed by atoms with Gasteiger partial charge in [0.2, 0.25) is 23.6 Å². The van der Waals surface area contributed by atoms with E-state index in [2.05, 4.69) is 19.9 Å². The second-order valence-corrected chi connectivity index (χ2v) is 6.41. The average Bonchev–Trinajstić information content (AvgIpc) is 2.92. The van der Waals surface area contributed by atoms with Gasteiger partial charge in [0.15, 0.2) is 0 Å². The lowest BCUT2D eigenvalue weighted by atomic mass is 10.3. The molecule has 0 aromatic carbocycles. The molecular weight excluding hydrogens is 464 g/mol. The fraction of sp³-hybridized carbons (Fsp3) is 0. The summed E-state index contributed by atoms with van der Waals surface area (Å²) < 4.78 is 0. The average molecular weight is 489 g/mol. The molecule has 0 atom stereocenters. The minimum atomic E-state index is -0.442. The van der Waals surface area contributed by atoms with Crippen molar-refractivity contribution >= 4 is 23.6 Å². The van der Waals surface area contributed by atoms with Crippen LogP contribution in [0.4, 0.5) is 0 Å².